The molecule has 1 unspecified atom stereocenters. The van der Waals surface area contributed by atoms with Crippen LogP contribution in [0.4, 0.5) is 5.69 Å². The second-order valence-corrected chi connectivity index (χ2v) is 8.38. The first kappa shape index (κ1) is 20.3. The molecule has 0 aliphatic rings. The number of rotatable bonds is 5. The third kappa shape index (κ3) is 8.06. The van der Waals surface area contributed by atoms with Gasteiger partial charge in [0, 0.05) is 12.1 Å². The Balaban J connectivity index is 2.67. The number of alkyl halides is 3. The maximum atomic E-state index is 11.9. The maximum absolute atomic E-state index is 11.9. The molecule has 0 saturated carbocycles. The van der Waals surface area contributed by atoms with Gasteiger partial charge in [0.2, 0.25) is 9.70 Å². The van der Waals surface area contributed by atoms with E-state index in [4.69, 9.17) is 47.0 Å². The summed E-state index contributed by atoms with van der Waals surface area (Å²) in [5.74, 6) is -0.0226. The fraction of sp³-hybridized carbons (Fsp3) is 0.467. The van der Waals surface area contributed by atoms with Crippen LogP contribution in [0.3, 0.4) is 0 Å². The van der Waals surface area contributed by atoms with Crippen molar-refractivity contribution in [1.29, 1.82) is 0 Å². The second-order valence-electron chi connectivity index (χ2n) is 5.60. The predicted octanol–water partition coefficient (Wildman–Crippen LogP) is 4.14. The Labute approximate surface area is 157 Å². The van der Waals surface area contributed by atoms with Gasteiger partial charge in [-0.2, -0.15) is 0 Å². The van der Waals surface area contributed by atoms with E-state index in [1.54, 1.807) is 0 Å². The zero-order chi connectivity index (χ0) is 17.6. The van der Waals surface area contributed by atoms with Gasteiger partial charge in [-0.3, -0.25) is 4.79 Å². The highest BCUT2D eigenvalue weighted by Gasteiger charge is 2.34. The number of aryl methyl sites for hydroxylation is 1. The number of hydrogen-bond acceptors (Lipinski definition) is 2. The number of benzene rings is 1. The minimum atomic E-state index is -1.74. The van der Waals surface area contributed by atoms with Gasteiger partial charge in [-0.05, 0) is 37.2 Å². The Bertz CT molecular complexity index is 544. The highest BCUT2D eigenvalue weighted by atomic mass is 35.6. The van der Waals surface area contributed by atoms with Crippen LogP contribution in [0.5, 0.6) is 0 Å². The van der Waals surface area contributed by atoms with Gasteiger partial charge in [-0.15, -0.1) is 0 Å². The van der Waals surface area contributed by atoms with Crippen molar-refractivity contribution >= 4 is 63.7 Å². The van der Waals surface area contributed by atoms with Gasteiger partial charge in [-0.25, -0.2) is 0 Å². The van der Waals surface area contributed by atoms with Crippen LogP contribution < -0.4 is 16.0 Å². The summed E-state index contributed by atoms with van der Waals surface area (Å²) in [6.45, 7) is 5.85. The summed E-state index contributed by atoms with van der Waals surface area (Å²) in [7, 11) is 0. The lowest BCUT2D eigenvalue weighted by atomic mass is 10.1. The summed E-state index contributed by atoms with van der Waals surface area (Å²) in [6, 6.07) is 7.65. The molecule has 0 fully saturated rings. The SMILES string of the molecule is Cc1ccc(NC(=S)NC(NC(=O)CC(C)C)C(Cl)(Cl)Cl)cc1. The van der Waals surface area contributed by atoms with Gasteiger partial charge >= 0.3 is 0 Å². The predicted molar refractivity (Wildman–Crippen MR) is 102 cm³/mol. The van der Waals surface area contributed by atoms with Crippen molar-refractivity contribution in [2.45, 2.75) is 37.2 Å². The summed E-state index contributed by atoms with van der Waals surface area (Å²) in [5.41, 5.74) is 1.93. The van der Waals surface area contributed by atoms with Crippen LogP contribution in [0.25, 0.3) is 0 Å². The molecule has 23 heavy (non-hydrogen) atoms. The number of hydrogen-bond donors (Lipinski definition) is 3. The Morgan fingerprint density at radius 3 is 2.22 bits per heavy atom. The largest absolute Gasteiger partial charge is 0.339 e. The minimum absolute atomic E-state index is 0.198. The van der Waals surface area contributed by atoms with Crippen LogP contribution in [0.15, 0.2) is 24.3 Å². The molecule has 0 aliphatic carbocycles. The van der Waals surface area contributed by atoms with Crippen molar-refractivity contribution in [3.05, 3.63) is 29.8 Å². The first-order valence-electron chi connectivity index (χ1n) is 7.08. The fourth-order valence-electron chi connectivity index (χ4n) is 1.73. The van der Waals surface area contributed by atoms with Crippen molar-refractivity contribution < 1.29 is 4.79 Å². The van der Waals surface area contributed by atoms with Crippen LogP contribution in [0.1, 0.15) is 25.8 Å². The van der Waals surface area contributed by atoms with Crippen LogP contribution in [0.2, 0.25) is 0 Å². The molecule has 0 heterocycles. The standard InChI is InChI=1S/C15H20Cl3N3OS/c1-9(2)8-12(22)20-13(15(16,17)18)21-14(23)19-11-6-4-10(3)5-7-11/h4-7,9,13H,8H2,1-3H3,(H,20,22)(H2,19,21,23). The lowest BCUT2D eigenvalue weighted by Gasteiger charge is -2.28. The molecule has 0 saturated heterocycles. The molecule has 3 N–H and O–H groups in total. The Morgan fingerprint density at radius 1 is 1.17 bits per heavy atom. The van der Waals surface area contributed by atoms with Gasteiger partial charge in [-0.1, -0.05) is 66.3 Å². The first-order valence-corrected chi connectivity index (χ1v) is 8.62. The lowest BCUT2D eigenvalue weighted by Crippen LogP contribution is -2.56. The third-order valence-electron chi connectivity index (χ3n) is 2.81. The minimum Gasteiger partial charge on any atom is -0.339 e. The summed E-state index contributed by atoms with van der Waals surface area (Å²) < 4.78 is -1.74. The Hall–Kier alpha value is -0.750. The molecule has 4 nitrogen and oxygen atoms in total. The number of nitrogens with one attached hydrogen (secondary N) is 3. The van der Waals surface area contributed by atoms with Crippen LogP contribution in [-0.2, 0) is 4.79 Å². The normalized spacial score (nSPS) is 12.7. The van der Waals surface area contributed by atoms with Crippen molar-refractivity contribution in [1.82, 2.24) is 10.6 Å². The van der Waals surface area contributed by atoms with Crippen LogP contribution in [-0.4, -0.2) is 21.0 Å². The number of thiocarbonyl (C=S) groups is 1. The smallest absolute Gasteiger partial charge is 0.228 e. The second kappa shape index (κ2) is 8.92. The van der Waals surface area contributed by atoms with Gasteiger partial charge in [0.1, 0.15) is 6.17 Å². The Kier molecular flexibility index (Phi) is 7.87. The molecule has 8 heteroatoms. The summed E-state index contributed by atoms with van der Waals surface area (Å²) in [6.07, 6.45) is -0.610. The molecule has 0 spiro atoms. The molecule has 0 aliphatic heterocycles. The van der Waals surface area contributed by atoms with Crippen LogP contribution >= 0.6 is 47.0 Å². The molecule has 128 valence electrons. The molecular weight excluding hydrogens is 377 g/mol. The van der Waals surface area contributed by atoms with E-state index in [0.717, 1.165) is 11.3 Å². The van der Waals surface area contributed by atoms with Gasteiger partial charge < -0.3 is 16.0 Å². The van der Waals surface area contributed by atoms with Gasteiger partial charge in [0.05, 0.1) is 0 Å². The van der Waals surface area contributed by atoms with Crippen molar-refractivity contribution in [3.63, 3.8) is 0 Å². The van der Waals surface area contributed by atoms with Crippen molar-refractivity contribution in [2.75, 3.05) is 5.32 Å². The summed E-state index contributed by atoms with van der Waals surface area (Å²) in [4.78, 5) is 11.9. The highest BCUT2D eigenvalue weighted by molar-refractivity contribution is 7.80. The fourth-order valence-corrected chi connectivity index (χ4v) is 2.29. The molecule has 1 aromatic carbocycles. The highest BCUT2D eigenvalue weighted by Crippen LogP contribution is 2.29. The van der Waals surface area contributed by atoms with E-state index < -0.39 is 9.96 Å². The molecule has 0 aromatic heterocycles. The molecule has 1 rings (SSSR count). The zero-order valence-corrected chi connectivity index (χ0v) is 16.2. The molecule has 1 aromatic rings. The van der Waals surface area contributed by atoms with E-state index in [1.807, 2.05) is 45.0 Å². The quantitative estimate of drug-likeness (QED) is 0.398. The summed E-state index contributed by atoms with van der Waals surface area (Å²) >= 11 is 22.9. The monoisotopic (exact) mass is 395 g/mol. The molecule has 0 bridgehead atoms. The Morgan fingerprint density at radius 2 is 1.74 bits per heavy atom. The van der Waals surface area contributed by atoms with E-state index in [-0.39, 0.29) is 16.9 Å². The van der Waals surface area contributed by atoms with Crippen molar-refractivity contribution in [2.24, 2.45) is 5.92 Å². The maximum Gasteiger partial charge on any atom is 0.228 e. The van der Waals surface area contributed by atoms with E-state index in [2.05, 4.69) is 16.0 Å². The molecule has 1 atom stereocenters. The molecule has 1 amide bonds. The topological polar surface area (TPSA) is 53.2 Å². The van der Waals surface area contributed by atoms with E-state index in [0.29, 0.717) is 6.42 Å². The summed E-state index contributed by atoms with van der Waals surface area (Å²) in [5, 5.41) is 8.68. The lowest BCUT2D eigenvalue weighted by molar-refractivity contribution is -0.122. The number of amides is 1. The zero-order valence-electron chi connectivity index (χ0n) is 13.1. The van der Waals surface area contributed by atoms with E-state index >= 15 is 0 Å². The van der Waals surface area contributed by atoms with Crippen molar-refractivity contribution in [3.8, 4) is 0 Å². The van der Waals surface area contributed by atoms with Gasteiger partial charge in [0.15, 0.2) is 5.11 Å². The average molecular weight is 397 g/mol. The van der Waals surface area contributed by atoms with Gasteiger partial charge in [0.25, 0.3) is 0 Å². The van der Waals surface area contributed by atoms with Crippen LogP contribution in [0, 0.1) is 12.8 Å². The average Bonchev–Trinajstić information content (AvgIpc) is 2.38. The number of halogens is 3. The number of anilines is 1. The molecular formula is C15H20Cl3N3OS. The third-order valence-corrected chi connectivity index (χ3v) is 3.69. The molecule has 0 radical (unpaired) electrons. The van der Waals surface area contributed by atoms with E-state index in [1.165, 1.54) is 0 Å². The van der Waals surface area contributed by atoms with E-state index in [9.17, 15) is 4.79 Å². The number of carbonyl (C=O) groups excluding carboxylic acids is 1. The number of carbonyl (C=O) groups is 1. The first-order chi connectivity index (χ1) is 10.6.